The number of hydrogen-bond acceptors (Lipinski definition) is 3. The summed E-state index contributed by atoms with van der Waals surface area (Å²) in [7, 11) is 0. The van der Waals surface area contributed by atoms with Crippen molar-refractivity contribution in [1.29, 1.82) is 5.26 Å². The third-order valence-corrected chi connectivity index (χ3v) is 4.08. The van der Waals surface area contributed by atoms with Gasteiger partial charge in [0.15, 0.2) is 0 Å². The molecule has 4 heteroatoms. The predicted octanol–water partition coefficient (Wildman–Crippen LogP) is 4.42. The minimum absolute atomic E-state index is 0.644. The summed E-state index contributed by atoms with van der Waals surface area (Å²) in [6.07, 6.45) is 2.30. The molecule has 2 aromatic carbocycles. The smallest absolute Gasteiger partial charge is 0.100 e. The molecule has 1 aliphatic heterocycles. The van der Waals surface area contributed by atoms with E-state index in [2.05, 4.69) is 50.8 Å². The van der Waals surface area contributed by atoms with Gasteiger partial charge in [0.25, 0.3) is 0 Å². The van der Waals surface area contributed by atoms with E-state index >= 15 is 0 Å². The molecule has 3 rings (SSSR count). The summed E-state index contributed by atoms with van der Waals surface area (Å²) in [5, 5.41) is 15.7. The molecular weight excluding hydrogens is 314 g/mol. The topological polar surface area (TPSA) is 47.9 Å². The van der Waals surface area contributed by atoms with E-state index in [-0.39, 0.29) is 0 Å². The molecule has 0 bridgehead atoms. The van der Waals surface area contributed by atoms with Crippen molar-refractivity contribution in [3.63, 3.8) is 0 Å². The highest BCUT2D eigenvalue weighted by molar-refractivity contribution is 9.10. The molecule has 20 heavy (non-hydrogen) atoms. The molecule has 0 aromatic heterocycles. The Hall–Kier alpha value is -1.99. The Balaban J connectivity index is 1.84. The highest BCUT2D eigenvalue weighted by Gasteiger charge is 2.09. The van der Waals surface area contributed by atoms with Crippen LogP contribution in [0.15, 0.2) is 40.9 Å². The summed E-state index contributed by atoms with van der Waals surface area (Å²) in [5.74, 6) is 0. The minimum Gasteiger partial charge on any atom is -0.385 e. The van der Waals surface area contributed by atoms with Crippen molar-refractivity contribution in [2.45, 2.75) is 12.8 Å². The molecule has 3 nitrogen and oxygen atoms in total. The van der Waals surface area contributed by atoms with E-state index in [4.69, 9.17) is 5.26 Å². The Labute approximate surface area is 126 Å². The lowest BCUT2D eigenvalue weighted by molar-refractivity contribution is 0.830. The van der Waals surface area contributed by atoms with Crippen LogP contribution in [0, 0.1) is 11.3 Å². The van der Waals surface area contributed by atoms with E-state index in [1.165, 1.54) is 17.7 Å². The number of fused-ring (bicyclic) bond motifs is 1. The van der Waals surface area contributed by atoms with E-state index in [1.54, 1.807) is 0 Å². The number of halogens is 1. The summed E-state index contributed by atoms with van der Waals surface area (Å²) < 4.78 is 0.810. The van der Waals surface area contributed by atoms with Gasteiger partial charge in [0.05, 0.1) is 5.56 Å². The fourth-order valence-electron chi connectivity index (χ4n) is 2.40. The summed E-state index contributed by atoms with van der Waals surface area (Å²) >= 11 is 3.41. The molecular formula is C16H14BrN3. The molecule has 0 radical (unpaired) electrons. The highest BCUT2D eigenvalue weighted by Crippen LogP contribution is 2.28. The highest BCUT2D eigenvalue weighted by atomic mass is 79.9. The zero-order chi connectivity index (χ0) is 13.9. The zero-order valence-corrected chi connectivity index (χ0v) is 12.5. The summed E-state index contributed by atoms with van der Waals surface area (Å²) in [4.78, 5) is 0. The van der Waals surface area contributed by atoms with Crippen LogP contribution in [0.4, 0.5) is 17.1 Å². The first-order chi connectivity index (χ1) is 9.76. The largest absolute Gasteiger partial charge is 0.385 e. The van der Waals surface area contributed by atoms with Crippen molar-refractivity contribution in [2.24, 2.45) is 0 Å². The van der Waals surface area contributed by atoms with Crippen LogP contribution < -0.4 is 10.6 Å². The van der Waals surface area contributed by atoms with Crippen LogP contribution in [0.1, 0.15) is 17.5 Å². The van der Waals surface area contributed by atoms with Gasteiger partial charge < -0.3 is 10.6 Å². The van der Waals surface area contributed by atoms with Gasteiger partial charge in [-0.3, -0.25) is 0 Å². The van der Waals surface area contributed by atoms with Gasteiger partial charge in [0.1, 0.15) is 6.07 Å². The minimum atomic E-state index is 0.644. The maximum absolute atomic E-state index is 8.92. The lowest BCUT2D eigenvalue weighted by Crippen LogP contribution is -2.11. The lowest BCUT2D eigenvalue weighted by Gasteiger charge is -2.19. The van der Waals surface area contributed by atoms with Crippen molar-refractivity contribution >= 4 is 33.0 Å². The second-order valence-corrected chi connectivity index (χ2v) is 5.69. The monoisotopic (exact) mass is 327 g/mol. The van der Waals surface area contributed by atoms with Crippen LogP contribution in [0.25, 0.3) is 0 Å². The van der Waals surface area contributed by atoms with Crippen LogP contribution in [-0.4, -0.2) is 6.54 Å². The quantitative estimate of drug-likeness (QED) is 0.858. The number of nitriles is 1. The first-order valence-electron chi connectivity index (χ1n) is 6.60. The summed E-state index contributed by atoms with van der Waals surface area (Å²) in [6, 6.07) is 14.2. The molecule has 0 atom stereocenters. The number of aryl methyl sites for hydroxylation is 1. The SMILES string of the molecule is N#Cc1ccc(Nc2ccc3c(c2)CCCN3)cc1Br. The van der Waals surface area contributed by atoms with Gasteiger partial charge in [-0.25, -0.2) is 0 Å². The standard InChI is InChI=1S/C16H14BrN3/c17-15-9-14(4-3-12(15)10-18)20-13-5-6-16-11(8-13)2-1-7-19-16/h3-6,8-9,19-20H,1-2,7H2. The number of hydrogen-bond donors (Lipinski definition) is 2. The summed E-state index contributed by atoms with van der Waals surface area (Å²) in [5.41, 5.74) is 5.28. The predicted molar refractivity (Wildman–Crippen MR) is 85.4 cm³/mol. The lowest BCUT2D eigenvalue weighted by atomic mass is 10.0. The molecule has 0 saturated heterocycles. The van der Waals surface area contributed by atoms with Gasteiger partial charge in [-0.1, -0.05) is 0 Å². The van der Waals surface area contributed by atoms with Crippen molar-refractivity contribution in [2.75, 3.05) is 17.2 Å². The normalized spacial score (nSPS) is 13.0. The second-order valence-electron chi connectivity index (χ2n) is 4.83. The molecule has 0 amide bonds. The van der Waals surface area contributed by atoms with Crippen LogP contribution >= 0.6 is 15.9 Å². The fraction of sp³-hybridized carbons (Fsp3) is 0.188. The van der Waals surface area contributed by atoms with Crippen LogP contribution in [-0.2, 0) is 6.42 Å². The number of nitrogens with zero attached hydrogens (tertiary/aromatic N) is 1. The average molecular weight is 328 g/mol. The molecule has 2 aromatic rings. The number of nitrogens with one attached hydrogen (secondary N) is 2. The molecule has 0 unspecified atom stereocenters. The Kier molecular flexibility index (Phi) is 3.62. The van der Waals surface area contributed by atoms with Gasteiger partial charge in [0, 0.05) is 28.1 Å². The van der Waals surface area contributed by atoms with Crippen LogP contribution in [0.3, 0.4) is 0 Å². The van der Waals surface area contributed by atoms with E-state index in [0.29, 0.717) is 5.56 Å². The molecule has 1 aliphatic rings. The van der Waals surface area contributed by atoms with Crippen molar-refractivity contribution < 1.29 is 0 Å². The van der Waals surface area contributed by atoms with Gasteiger partial charge in [-0.2, -0.15) is 5.26 Å². The summed E-state index contributed by atoms with van der Waals surface area (Å²) in [6.45, 7) is 1.06. The Morgan fingerprint density at radius 3 is 2.75 bits per heavy atom. The fourth-order valence-corrected chi connectivity index (χ4v) is 2.87. The first-order valence-corrected chi connectivity index (χ1v) is 7.39. The van der Waals surface area contributed by atoms with Crippen molar-refractivity contribution in [3.8, 4) is 6.07 Å². The third kappa shape index (κ3) is 2.63. The van der Waals surface area contributed by atoms with E-state index < -0.39 is 0 Å². The molecule has 100 valence electrons. The number of benzene rings is 2. The van der Waals surface area contributed by atoms with E-state index in [9.17, 15) is 0 Å². The average Bonchev–Trinajstić information content (AvgIpc) is 2.47. The Morgan fingerprint density at radius 1 is 1.15 bits per heavy atom. The molecule has 2 N–H and O–H groups in total. The first kappa shape index (κ1) is 13.0. The van der Waals surface area contributed by atoms with Gasteiger partial charge in [-0.15, -0.1) is 0 Å². The van der Waals surface area contributed by atoms with Crippen LogP contribution in [0.2, 0.25) is 0 Å². The van der Waals surface area contributed by atoms with E-state index in [0.717, 1.165) is 28.8 Å². The van der Waals surface area contributed by atoms with Crippen LogP contribution in [0.5, 0.6) is 0 Å². The maximum Gasteiger partial charge on any atom is 0.100 e. The van der Waals surface area contributed by atoms with Gasteiger partial charge >= 0.3 is 0 Å². The Bertz CT molecular complexity index is 689. The van der Waals surface area contributed by atoms with Gasteiger partial charge in [-0.05, 0) is 70.7 Å². The van der Waals surface area contributed by atoms with Gasteiger partial charge in [0.2, 0.25) is 0 Å². The Morgan fingerprint density at radius 2 is 1.95 bits per heavy atom. The number of rotatable bonds is 2. The number of anilines is 3. The molecule has 0 saturated carbocycles. The molecule has 0 fully saturated rings. The second kappa shape index (κ2) is 5.56. The van der Waals surface area contributed by atoms with Crippen molar-refractivity contribution in [1.82, 2.24) is 0 Å². The van der Waals surface area contributed by atoms with Crippen molar-refractivity contribution in [3.05, 3.63) is 52.0 Å². The molecule has 0 aliphatic carbocycles. The molecule has 0 spiro atoms. The van der Waals surface area contributed by atoms with E-state index in [1.807, 2.05) is 18.2 Å². The molecule has 1 heterocycles. The maximum atomic E-state index is 8.92. The zero-order valence-electron chi connectivity index (χ0n) is 10.9. The third-order valence-electron chi connectivity index (χ3n) is 3.42.